The SMILES string of the molecule is O=C([O-])COc1ccccc1/C=C1/C(=O)NC(=S)N(c2ccc(F)cc2)C1=O. The van der Waals surface area contributed by atoms with Crippen LogP contribution in [0.4, 0.5) is 10.1 Å². The summed E-state index contributed by atoms with van der Waals surface area (Å²) in [7, 11) is 0. The lowest BCUT2D eigenvalue weighted by molar-refractivity contribution is -0.307. The minimum atomic E-state index is -1.42. The molecule has 1 aliphatic heterocycles. The molecule has 0 unspecified atom stereocenters. The molecule has 0 spiro atoms. The van der Waals surface area contributed by atoms with Crippen LogP contribution in [0.15, 0.2) is 54.1 Å². The van der Waals surface area contributed by atoms with Gasteiger partial charge in [0.25, 0.3) is 11.8 Å². The Morgan fingerprint density at radius 2 is 1.86 bits per heavy atom. The lowest BCUT2D eigenvalue weighted by Crippen LogP contribution is -2.54. The van der Waals surface area contributed by atoms with Crippen LogP contribution >= 0.6 is 12.2 Å². The molecule has 2 aromatic rings. The zero-order valence-corrected chi connectivity index (χ0v) is 15.0. The smallest absolute Gasteiger partial charge is 0.270 e. The normalized spacial score (nSPS) is 15.5. The highest BCUT2D eigenvalue weighted by Crippen LogP contribution is 2.25. The van der Waals surface area contributed by atoms with Crippen LogP contribution in [-0.2, 0) is 14.4 Å². The Bertz CT molecular complexity index is 1000. The van der Waals surface area contributed by atoms with Crippen molar-refractivity contribution >= 4 is 46.9 Å². The Morgan fingerprint density at radius 3 is 2.54 bits per heavy atom. The second kappa shape index (κ2) is 7.97. The molecule has 142 valence electrons. The number of benzene rings is 2. The first-order valence-corrected chi connectivity index (χ1v) is 8.36. The van der Waals surface area contributed by atoms with Crippen molar-refractivity contribution in [2.75, 3.05) is 11.5 Å². The molecule has 0 bridgehead atoms. The van der Waals surface area contributed by atoms with Crippen LogP contribution in [-0.4, -0.2) is 29.5 Å². The molecule has 0 saturated carbocycles. The van der Waals surface area contributed by atoms with Gasteiger partial charge in [0, 0.05) is 5.56 Å². The van der Waals surface area contributed by atoms with Gasteiger partial charge in [-0.3, -0.25) is 19.8 Å². The summed E-state index contributed by atoms with van der Waals surface area (Å²) in [5, 5.41) is 12.9. The maximum Gasteiger partial charge on any atom is 0.270 e. The molecule has 0 radical (unpaired) electrons. The van der Waals surface area contributed by atoms with Crippen molar-refractivity contribution in [2.45, 2.75) is 0 Å². The molecule has 2 aromatic carbocycles. The van der Waals surface area contributed by atoms with Gasteiger partial charge in [-0.05, 0) is 48.6 Å². The second-order valence-electron chi connectivity index (χ2n) is 5.63. The van der Waals surface area contributed by atoms with E-state index in [1.165, 1.54) is 24.3 Å². The van der Waals surface area contributed by atoms with Crippen LogP contribution in [0.1, 0.15) is 5.56 Å². The van der Waals surface area contributed by atoms with E-state index in [1.54, 1.807) is 18.2 Å². The Balaban J connectivity index is 1.98. The molecule has 1 saturated heterocycles. The lowest BCUT2D eigenvalue weighted by atomic mass is 10.1. The predicted octanol–water partition coefficient (Wildman–Crippen LogP) is 0.786. The minimum absolute atomic E-state index is 0.139. The number of carboxylic acid groups (broad SMARTS) is 1. The summed E-state index contributed by atoms with van der Waals surface area (Å²) in [6.07, 6.45) is 1.26. The molecule has 1 aliphatic rings. The number of anilines is 1. The molecule has 9 heteroatoms. The van der Waals surface area contributed by atoms with Gasteiger partial charge < -0.3 is 14.6 Å². The molecular formula is C19H12FN2O5S-. The fraction of sp³-hybridized carbons (Fsp3) is 0.0526. The van der Waals surface area contributed by atoms with Gasteiger partial charge in [-0.2, -0.15) is 0 Å². The van der Waals surface area contributed by atoms with E-state index in [1.807, 2.05) is 0 Å². The quantitative estimate of drug-likeness (QED) is 0.453. The van der Waals surface area contributed by atoms with E-state index in [0.29, 0.717) is 5.56 Å². The third-order valence-corrected chi connectivity index (χ3v) is 4.04. The Hall–Kier alpha value is -3.59. The third kappa shape index (κ3) is 4.04. The van der Waals surface area contributed by atoms with Crippen LogP contribution < -0.4 is 20.1 Å². The molecule has 1 N–H and O–H groups in total. The van der Waals surface area contributed by atoms with Gasteiger partial charge in [0.05, 0.1) is 11.7 Å². The summed E-state index contributed by atoms with van der Waals surface area (Å²) in [5.74, 6) is -3.18. The molecular weight excluding hydrogens is 387 g/mol. The number of thiocarbonyl (C=S) groups is 1. The number of hydrogen-bond donors (Lipinski definition) is 1. The summed E-state index contributed by atoms with van der Waals surface area (Å²) in [6.45, 7) is -0.688. The van der Waals surface area contributed by atoms with Crippen molar-refractivity contribution in [3.8, 4) is 5.75 Å². The van der Waals surface area contributed by atoms with E-state index < -0.39 is 30.2 Å². The van der Waals surface area contributed by atoms with Crippen LogP contribution in [0.25, 0.3) is 6.08 Å². The minimum Gasteiger partial charge on any atom is -0.546 e. The van der Waals surface area contributed by atoms with Crippen LogP contribution in [0, 0.1) is 5.82 Å². The number of nitrogens with one attached hydrogen (secondary N) is 1. The zero-order valence-electron chi connectivity index (χ0n) is 14.2. The summed E-state index contributed by atoms with van der Waals surface area (Å²) in [5.41, 5.74) is 0.348. The summed E-state index contributed by atoms with van der Waals surface area (Å²) < 4.78 is 18.3. The Labute approximate surface area is 164 Å². The van der Waals surface area contributed by atoms with E-state index in [4.69, 9.17) is 17.0 Å². The first-order chi connectivity index (χ1) is 13.4. The number of carbonyl (C=O) groups is 3. The van der Waals surface area contributed by atoms with Crippen LogP contribution in [0.2, 0.25) is 0 Å². The zero-order chi connectivity index (χ0) is 20.3. The summed E-state index contributed by atoms with van der Waals surface area (Å²) in [4.78, 5) is 36.9. The fourth-order valence-corrected chi connectivity index (χ4v) is 2.79. The highest BCUT2D eigenvalue weighted by Gasteiger charge is 2.34. The van der Waals surface area contributed by atoms with Crippen LogP contribution in [0.5, 0.6) is 5.75 Å². The average Bonchev–Trinajstić information content (AvgIpc) is 2.65. The number of aliphatic carboxylic acids is 1. The van der Waals surface area contributed by atoms with E-state index in [-0.39, 0.29) is 22.1 Å². The number of amides is 2. The van der Waals surface area contributed by atoms with Gasteiger partial charge in [0.1, 0.15) is 23.7 Å². The average molecular weight is 399 g/mol. The highest BCUT2D eigenvalue weighted by atomic mass is 32.1. The van der Waals surface area contributed by atoms with E-state index in [0.717, 1.165) is 17.0 Å². The second-order valence-corrected chi connectivity index (χ2v) is 6.02. The number of hydrogen-bond acceptors (Lipinski definition) is 6. The summed E-state index contributed by atoms with van der Waals surface area (Å²) in [6, 6.07) is 11.3. The molecule has 0 atom stereocenters. The van der Waals surface area contributed by atoms with Crippen molar-refractivity contribution in [1.29, 1.82) is 0 Å². The molecule has 3 rings (SSSR count). The standard InChI is InChI=1S/C19H13FN2O5S/c20-12-5-7-13(8-6-12)22-18(26)14(17(25)21-19(22)28)9-11-3-1-2-4-15(11)27-10-16(23)24/h1-9H,10H2,(H,23,24)(H,21,25,28)/p-1/b14-9-. The van der Waals surface area contributed by atoms with E-state index in [2.05, 4.69) is 5.32 Å². The molecule has 7 nitrogen and oxygen atoms in total. The largest absolute Gasteiger partial charge is 0.546 e. The monoisotopic (exact) mass is 399 g/mol. The van der Waals surface area contributed by atoms with Gasteiger partial charge in [0.15, 0.2) is 5.11 Å². The molecule has 0 aliphatic carbocycles. The first-order valence-electron chi connectivity index (χ1n) is 7.95. The van der Waals surface area contributed by atoms with Crippen molar-refractivity contribution in [3.05, 3.63) is 65.5 Å². The summed E-state index contributed by atoms with van der Waals surface area (Å²) >= 11 is 5.07. The molecule has 28 heavy (non-hydrogen) atoms. The topological polar surface area (TPSA) is 98.8 Å². The fourth-order valence-electron chi connectivity index (χ4n) is 2.51. The number of nitrogens with zero attached hydrogens (tertiary/aromatic N) is 1. The number of para-hydroxylation sites is 1. The van der Waals surface area contributed by atoms with Gasteiger partial charge in [-0.1, -0.05) is 18.2 Å². The van der Waals surface area contributed by atoms with E-state index in [9.17, 15) is 23.9 Å². The predicted molar refractivity (Wildman–Crippen MR) is 99.5 cm³/mol. The van der Waals surface area contributed by atoms with Crippen molar-refractivity contribution in [3.63, 3.8) is 0 Å². The number of carbonyl (C=O) groups excluding carboxylic acids is 3. The maximum absolute atomic E-state index is 13.2. The van der Waals surface area contributed by atoms with E-state index >= 15 is 0 Å². The molecule has 2 amide bonds. The van der Waals surface area contributed by atoms with Crippen molar-refractivity contribution < 1.29 is 28.6 Å². The Kier molecular flexibility index (Phi) is 5.46. The molecule has 1 heterocycles. The number of carboxylic acids is 1. The van der Waals surface area contributed by atoms with Gasteiger partial charge >= 0.3 is 0 Å². The number of halogens is 1. The Morgan fingerprint density at radius 1 is 1.18 bits per heavy atom. The van der Waals surface area contributed by atoms with Crippen molar-refractivity contribution in [1.82, 2.24) is 5.32 Å². The van der Waals surface area contributed by atoms with Gasteiger partial charge in [0.2, 0.25) is 0 Å². The lowest BCUT2D eigenvalue weighted by Gasteiger charge is -2.29. The van der Waals surface area contributed by atoms with Gasteiger partial charge in [-0.25, -0.2) is 4.39 Å². The molecule has 1 fully saturated rings. The number of ether oxygens (including phenoxy) is 1. The maximum atomic E-state index is 13.2. The van der Waals surface area contributed by atoms with Gasteiger partial charge in [-0.15, -0.1) is 0 Å². The highest BCUT2D eigenvalue weighted by molar-refractivity contribution is 7.80. The number of rotatable bonds is 5. The first kappa shape index (κ1) is 19.2. The molecule has 0 aromatic heterocycles. The third-order valence-electron chi connectivity index (χ3n) is 3.75. The van der Waals surface area contributed by atoms with Crippen molar-refractivity contribution in [2.24, 2.45) is 0 Å². The van der Waals surface area contributed by atoms with Crippen LogP contribution in [0.3, 0.4) is 0 Å².